The first kappa shape index (κ1) is 28.9. The monoisotopic (exact) mass is 559 g/mol. The number of thiophene rings is 1. The number of benzene rings is 1. The van der Waals surface area contributed by atoms with Gasteiger partial charge in [0.1, 0.15) is 9.88 Å². The Bertz CT molecular complexity index is 1350. The van der Waals surface area contributed by atoms with Crippen LogP contribution in [0.25, 0.3) is 0 Å². The second-order valence-electron chi connectivity index (χ2n) is 8.05. The zero-order valence-corrected chi connectivity index (χ0v) is 23.4. The average molecular weight is 560 g/mol. The van der Waals surface area contributed by atoms with Crippen LogP contribution >= 0.6 is 23.1 Å². The third-order valence-electron chi connectivity index (χ3n) is 5.28. The number of thioether (sulfide) groups is 1. The zero-order valence-electron chi connectivity index (χ0n) is 21.7. The molecule has 0 spiro atoms. The molecule has 0 aliphatic heterocycles. The number of ether oxygens (including phenoxy) is 2. The summed E-state index contributed by atoms with van der Waals surface area (Å²) in [4.78, 5) is 50.2. The number of esters is 2. The normalized spacial score (nSPS) is 10.7. The van der Waals surface area contributed by atoms with Crippen LogP contribution < -0.4 is 10.6 Å². The topological polar surface area (TPSA) is 142 Å². The molecule has 0 unspecified atom stereocenters. The summed E-state index contributed by atoms with van der Waals surface area (Å²) in [5, 5.41) is 14.4. The Labute approximate surface area is 228 Å². The van der Waals surface area contributed by atoms with Gasteiger partial charge in [-0.3, -0.25) is 9.59 Å². The van der Waals surface area contributed by atoms with Crippen molar-refractivity contribution in [1.82, 2.24) is 20.1 Å². The highest BCUT2D eigenvalue weighted by atomic mass is 32.2. The number of nitrogens with zero attached hydrogens (tertiary/aromatic N) is 3. The minimum absolute atomic E-state index is 0.0322. The Morgan fingerprint density at radius 3 is 2.45 bits per heavy atom. The van der Waals surface area contributed by atoms with E-state index in [0.717, 1.165) is 28.7 Å². The Hall–Kier alpha value is -3.71. The number of anilines is 1. The average Bonchev–Trinajstić information content (AvgIpc) is 3.40. The lowest BCUT2D eigenvalue weighted by molar-refractivity contribution is -0.113. The van der Waals surface area contributed by atoms with E-state index in [1.165, 1.54) is 0 Å². The van der Waals surface area contributed by atoms with Crippen molar-refractivity contribution >= 4 is 51.9 Å². The summed E-state index contributed by atoms with van der Waals surface area (Å²) in [6, 6.07) is 7.26. The second kappa shape index (κ2) is 13.2. The molecule has 2 N–H and O–H groups in total. The number of nitrogens with one attached hydrogen (secondary N) is 2. The molecule has 2 amide bonds. The van der Waals surface area contributed by atoms with Gasteiger partial charge in [0, 0.05) is 12.6 Å². The van der Waals surface area contributed by atoms with Crippen molar-refractivity contribution in [2.45, 2.75) is 39.4 Å². The quantitative estimate of drug-likeness (QED) is 0.267. The first-order valence-corrected chi connectivity index (χ1v) is 13.6. The van der Waals surface area contributed by atoms with Crippen molar-refractivity contribution in [3.8, 4) is 0 Å². The van der Waals surface area contributed by atoms with Gasteiger partial charge >= 0.3 is 11.9 Å². The van der Waals surface area contributed by atoms with Crippen LogP contribution in [0.5, 0.6) is 0 Å². The number of hydrogen-bond donors (Lipinski definition) is 2. The molecule has 1 aromatic carbocycles. The van der Waals surface area contributed by atoms with Crippen LogP contribution in [0.2, 0.25) is 0 Å². The van der Waals surface area contributed by atoms with Gasteiger partial charge in [-0.05, 0) is 45.4 Å². The minimum Gasteiger partial charge on any atom is -0.462 e. The van der Waals surface area contributed by atoms with Gasteiger partial charge in [-0.15, -0.1) is 21.5 Å². The Balaban J connectivity index is 1.64. The molecule has 0 bridgehead atoms. The molecule has 0 radical (unpaired) electrons. The molecule has 13 heteroatoms. The van der Waals surface area contributed by atoms with Crippen LogP contribution in [0.4, 0.5) is 5.00 Å². The van der Waals surface area contributed by atoms with Gasteiger partial charge in [-0.25, -0.2) is 9.59 Å². The highest BCUT2D eigenvalue weighted by Gasteiger charge is 2.27. The largest absolute Gasteiger partial charge is 0.462 e. The lowest BCUT2D eigenvalue weighted by atomic mass is 10.1. The molecule has 11 nitrogen and oxygen atoms in total. The van der Waals surface area contributed by atoms with E-state index in [1.807, 2.05) is 19.1 Å². The molecule has 3 rings (SSSR count). The van der Waals surface area contributed by atoms with Gasteiger partial charge < -0.3 is 24.7 Å². The van der Waals surface area contributed by atoms with E-state index in [1.54, 1.807) is 44.5 Å². The molecule has 38 heavy (non-hydrogen) atoms. The Morgan fingerprint density at radius 1 is 1.05 bits per heavy atom. The minimum atomic E-state index is -0.634. The van der Waals surface area contributed by atoms with E-state index in [0.29, 0.717) is 22.1 Å². The van der Waals surface area contributed by atoms with Crippen molar-refractivity contribution in [1.29, 1.82) is 0 Å². The SMILES string of the molecule is CCOC(=O)c1sc(NC(=O)CSc2nnc(CNC(=O)c3cccc(C)c3)n2C)c(C(=O)OCC)c1C. The van der Waals surface area contributed by atoms with Gasteiger partial charge in [0.15, 0.2) is 11.0 Å². The maximum atomic E-state index is 12.7. The molecule has 2 heterocycles. The summed E-state index contributed by atoms with van der Waals surface area (Å²) in [6.07, 6.45) is 0. The molecular formula is C25H29N5O6S2. The molecule has 2 aromatic heterocycles. The number of aryl methyl sites for hydroxylation is 1. The second-order valence-corrected chi connectivity index (χ2v) is 10.0. The van der Waals surface area contributed by atoms with E-state index in [9.17, 15) is 19.2 Å². The summed E-state index contributed by atoms with van der Waals surface area (Å²) in [5.41, 5.74) is 2.05. The molecule has 0 fully saturated rings. The fourth-order valence-corrected chi connectivity index (χ4v) is 5.24. The number of carbonyl (C=O) groups is 4. The van der Waals surface area contributed by atoms with Crippen molar-refractivity contribution in [3.63, 3.8) is 0 Å². The third kappa shape index (κ3) is 6.98. The molecule has 0 saturated heterocycles. The Kier molecular flexibility index (Phi) is 10.0. The molecule has 0 aliphatic rings. The van der Waals surface area contributed by atoms with E-state index < -0.39 is 17.8 Å². The van der Waals surface area contributed by atoms with Crippen LogP contribution in [-0.2, 0) is 27.9 Å². The van der Waals surface area contributed by atoms with Crippen LogP contribution in [0.3, 0.4) is 0 Å². The summed E-state index contributed by atoms with van der Waals surface area (Å²) >= 11 is 2.10. The van der Waals surface area contributed by atoms with Crippen LogP contribution in [0.15, 0.2) is 29.4 Å². The summed E-state index contributed by atoms with van der Waals surface area (Å²) in [6.45, 7) is 7.36. The molecule has 0 atom stereocenters. The maximum absolute atomic E-state index is 12.7. The lowest BCUT2D eigenvalue weighted by Gasteiger charge is -2.08. The van der Waals surface area contributed by atoms with Crippen LogP contribution in [0, 0.1) is 13.8 Å². The highest BCUT2D eigenvalue weighted by molar-refractivity contribution is 7.99. The molecule has 3 aromatic rings. The number of hydrogen-bond acceptors (Lipinski definition) is 10. The van der Waals surface area contributed by atoms with Gasteiger partial charge in [-0.2, -0.15) is 0 Å². The van der Waals surface area contributed by atoms with Crippen molar-refractivity contribution in [3.05, 3.63) is 57.2 Å². The summed E-state index contributed by atoms with van der Waals surface area (Å²) < 4.78 is 11.9. The first-order valence-electron chi connectivity index (χ1n) is 11.8. The van der Waals surface area contributed by atoms with Gasteiger partial charge in [0.25, 0.3) is 5.91 Å². The fourth-order valence-electron chi connectivity index (χ4n) is 3.41. The van der Waals surface area contributed by atoms with Gasteiger partial charge in [0.05, 0.1) is 31.1 Å². The highest BCUT2D eigenvalue weighted by Crippen LogP contribution is 2.34. The standard InChI is InChI=1S/C25H29N5O6S2/c1-6-35-23(33)19-15(4)20(24(34)36-7-2)38-22(19)27-18(31)13-37-25-29-28-17(30(25)5)12-26-21(32)16-10-8-9-14(3)11-16/h8-11H,6-7,12-13H2,1-5H3,(H,26,32)(H,27,31). The maximum Gasteiger partial charge on any atom is 0.348 e. The smallest absolute Gasteiger partial charge is 0.348 e. The Morgan fingerprint density at radius 2 is 1.76 bits per heavy atom. The third-order valence-corrected chi connectivity index (χ3v) is 7.49. The number of amides is 2. The fraction of sp³-hybridized carbons (Fsp3) is 0.360. The van der Waals surface area contributed by atoms with E-state index in [2.05, 4.69) is 20.8 Å². The van der Waals surface area contributed by atoms with Crippen molar-refractivity contribution in [2.24, 2.45) is 7.05 Å². The van der Waals surface area contributed by atoms with E-state index in [4.69, 9.17) is 9.47 Å². The molecular weight excluding hydrogens is 530 g/mol. The predicted octanol–water partition coefficient (Wildman–Crippen LogP) is 3.51. The number of rotatable bonds is 11. The lowest BCUT2D eigenvalue weighted by Crippen LogP contribution is -2.24. The first-order chi connectivity index (χ1) is 18.2. The number of carbonyl (C=O) groups excluding carboxylic acids is 4. The molecule has 0 saturated carbocycles. The zero-order chi connectivity index (χ0) is 27.8. The summed E-state index contributed by atoms with van der Waals surface area (Å²) in [7, 11) is 1.74. The van der Waals surface area contributed by atoms with E-state index in [-0.39, 0.29) is 46.9 Å². The van der Waals surface area contributed by atoms with Gasteiger partial charge in [0.2, 0.25) is 5.91 Å². The number of aromatic nitrogens is 3. The summed E-state index contributed by atoms with van der Waals surface area (Å²) in [5.74, 6) is -1.35. The molecule has 202 valence electrons. The van der Waals surface area contributed by atoms with E-state index >= 15 is 0 Å². The van der Waals surface area contributed by atoms with Gasteiger partial charge in [-0.1, -0.05) is 29.5 Å². The van der Waals surface area contributed by atoms with Crippen LogP contribution in [-0.4, -0.2) is 57.5 Å². The van der Waals surface area contributed by atoms with Crippen LogP contribution in [0.1, 0.15) is 61.2 Å². The van der Waals surface area contributed by atoms with Crippen molar-refractivity contribution in [2.75, 3.05) is 24.3 Å². The van der Waals surface area contributed by atoms with Crippen molar-refractivity contribution < 1.29 is 28.7 Å². The molecule has 0 aliphatic carbocycles. The predicted molar refractivity (Wildman–Crippen MR) is 144 cm³/mol.